The Morgan fingerprint density at radius 2 is 2.11 bits per heavy atom. The lowest BCUT2D eigenvalue weighted by molar-refractivity contribution is 0.102. The van der Waals surface area contributed by atoms with Crippen LogP contribution in [0.1, 0.15) is 9.67 Å². The van der Waals surface area contributed by atoms with E-state index in [0.717, 1.165) is 17.4 Å². The average molecular weight is 284 g/mol. The molecule has 4 nitrogen and oxygen atoms in total. The van der Waals surface area contributed by atoms with Crippen LogP contribution in [0.4, 0.5) is 20.2 Å². The number of carbonyl (C=O) groups is 1. The van der Waals surface area contributed by atoms with Gasteiger partial charge in [-0.25, -0.2) is 8.78 Å². The van der Waals surface area contributed by atoms with Crippen LogP contribution >= 0.6 is 11.3 Å². The molecule has 19 heavy (non-hydrogen) atoms. The molecule has 0 radical (unpaired) electrons. The van der Waals surface area contributed by atoms with E-state index in [4.69, 9.17) is 10.5 Å². The number of carbonyl (C=O) groups excluding carboxylic acids is 1. The summed E-state index contributed by atoms with van der Waals surface area (Å²) >= 11 is 1.12. The van der Waals surface area contributed by atoms with Crippen LogP contribution in [-0.4, -0.2) is 13.0 Å². The Bertz CT molecular complexity index is 628. The maximum Gasteiger partial charge on any atom is 0.269 e. The summed E-state index contributed by atoms with van der Waals surface area (Å²) < 4.78 is 31.6. The number of benzene rings is 1. The number of methoxy groups -OCH3 is 1. The zero-order chi connectivity index (χ0) is 14.0. The molecule has 0 aliphatic heterocycles. The number of thiophene rings is 1. The minimum absolute atomic E-state index is 0.0530. The summed E-state index contributed by atoms with van der Waals surface area (Å²) in [7, 11) is 1.41. The van der Waals surface area contributed by atoms with Crippen molar-refractivity contribution in [2.24, 2.45) is 0 Å². The number of hydrogen-bond acceptors (Lipinski definition) is 4. The molecule has 1 aromatic carbocycles. The molecular weight excluding hydrogens is 274 g/mol. The van der Waals surface area contributed by atoms with Gasteiger partial charge in [0.2, 0.25) is 0 Å². The predicted octanol–water partition coefficient (Wildman–Crippen LogP) is 2.87. The van der Waals surface area contributed by atoms with Crippen molar-refractivity contribution in [3.63, 3.8) is 0 Å². The number of rotatable bonds is 3. The summed E-state index contributed by atoms with van der Waals surface area (Å²) in [4.78, 5) is 12.2. The summed E-state index contributed by atoms with van der Waals surface area (Å²) in [6, 6.07) is 3.68. The van der Waals surface area contributed by atoms with Crippen LogP contribution in [0.3, 0.4) is 0 Å². The molecule has 0 aliphatic rings. The Labute approximate surface area is 111 Å². The van der Waals surface area contributed by atoms with Crippen LogP contribution < -0.4 is 15.8 Å². The molecule has 0 saturated heterocycles. The van der Waals surface area contributed by atoms with Gasteiger partial charge in [0.15, 0.2) is 11.6 Å². The monoisotopic (exact) mass is 284 g/mol. The highest BCUT2D eigenvalue weighted by Gasteiger charge is 2.19. The van der Waals surface area contributed by atoms with E-state index >= 15 is 0 Å². The highest BCUT2D eigenvalue weighted by molar-refractivity contribution is 7.12. The Morgan fingerprint density at radius 1 is 1.37 bits per heavy atom. The van der Waals surface area contributed by atoms with E-state index in [2.05, 4.69) is 5.32 Å². The third-order valence-electron chi connectivity index (χ3n) is 2.42. The summed E-state index contributed by atoms with van der Waals surface area (Å²) in [5, 5.41) is 3.90. The van der Waals surface area contributed by atoms with Crippen molar-refractivity contribution in [3.8, 4) is 5.75 Å². The van der Waals surface area contributed by atoms with Gasteiger partial charge in [0.1, 0.15) is 16.3 Å². The highest BCUT2D eigenvalue weighted by Crippen LogP contribution is 2.29. The smallest absolute Gasteiger partial charge is 0.269 e. The quantitative estimate of drug-likeness (QED) is 0.852. The number of nitrogens with two attached hydrogens (primary N) is 1. The van der Waals surface area contributed by atoms with Gasteiger partial charge in [-0.15, -0.1) is 11.3 Å². The molecule has 0 bridgehead atoms. The normalized spacial score (nSPS) is 10.3. The number of ether oxygens (including phenoxy) is 1. The molecule has 1 aromatic heterocycles. The van der Waals surface area contributed by atoms with Crippen molar-refractivity contribution < 1.29 is 18.3 Å². The molecule has 2 rings (SSSR count). The number of hydrogen-bond donors (Lipinski definition) is 2. The fourth-order valence-corrected chi connectivity index (χ4v) is 2.24. The number of anilines is 2. The number of nitrogens with one attached hydrogen (secondary N) is 1. The maximum atomic E-state index is 13.5. The summed E-state index contributed by atoms with van der Waals surface area (Å²) in [5.41, 5.74) is 5.09. The van der Waals surface area contributed by atoms with Gasteiger partial charge >= 0.3 is 0 Å². The van der Waals surface area contributed by atoms with Crippen LogP contribution in [0, 0.1) is 11.6 Å². The molecule has 100 valence electrons. The molecule has 0 unspecified atom stereocenters. The van der Waals surface area contributed by atoms with E-state index in [-0.39, 0.29) is 16.3 Å². The van der Waals surface area contributed by atoms with E-state index in [9.17, 15) is 13.6 Å². The van der Waals surface area contributed by atoms with Crippen molar-refractivity contribution in [3.05, 3.63) is 40.1 Å². The van der Waals surface area contributed by atoms with E-state index in [1.54, 1.807) is 11.4 Å². The van der Waals surface area contributed by atoms with E-state index in [1.165, 1.54) is 13.2 Å². The topological polar surface area (TPSA) is 64.3 Å². The first-order chi connectivity index (χ1) is 9.04. The molecule has 7 heteroatoms. The van der Waals surface area contributed by atoms with E-state index in [0.29, 0.717) is 5.75 Å². The average Bonchev–Trinajstić information content (AvgIpc) is 2.87. The highest BCUT2D eigenvalue weighted by atomic mass is 32.1. The lowest BCUT2D eigenvalue weighted by Crippen LogP contribution is -2.14. The standard InChI is InChI=1S/C12H10F2N2O2S/c1-18-8-4-5-19-11(8)12(17)16-10-7(15)3-2-6(13)9(10)14/h2-5H,15H2,1H3,(H,16,17). The maximum absolute atomic E-state index is 13.5. The Balaban J connectivity index is 2.32. The Hall–Kier alpha value is -2.15. The van der Waals surface area contributed by atoms with Crippen LogP contribution in [0.25, 0.3) is 0 Å². The molecule has 0 spiro atoms. The van der Waals surface area contributed by atoms with Gasteiger partial charge in [0, 0.05) is 0 Å². The second kappa shape index (κ2) is 5.23. The summed E-state index contributed by atoms with van der Waals surface area (Å²) in [5.74, 6) is -2.52. The van der Waals surface area contributed by atoms with E-state index < -0.39 is 17.5 Å². The third-order valence-corrected chi connectivity index (χ3v) is 3.32. The lowest BCUT2D eigenvalue weighted by atomic mass is 10.2. The number of halogens is 2. The van der Waals surface area contributed by atoms with Gasteiger partial charge in [-0.1, -0.05) is 0 Å². The predicted molar refractivity (Wildman–Crippen MR) is 69.6 cm³/mol. The van der Waals surface area contributed by atoms with Crippen molar-refractivity contribution in [1.29, 1.82) is 0 Å². The van der Waals surface area contributed by atoms with Crippen LogP contribution in [0.2, 0.25) is 0 Å². The molecule has 1 amide bonds. The van der Waals surface area contributed by atoms with Crippen LogP contribution in [0.15, 0.2) is 23.6 Å². The van der Waals surface area contributed by atoms with E-state index in [1.807, 2.05) is 0 Å². The first-order valence-corrected chi connectivity index (χ1v) is 6.09. The molecule has 0 fully saturated rings. The second-order valence-electron chi connectivity index (χ2n) is 3.60. The van der Waals surface area contributed by atoms with Crippen molar-refractivity contribution in [1.82, 2.24) is 0 Å². The van der Waals surface area contributed by atoms with Gasteiger partial charge in [-0.05, 0) is 23.6 Å². The minimum Gasteiger partial charge on any atom is -0.495 e. The zero-order valence-corrected chi connectivity index (χ0v) is 10.7. The fourth-order valence-electron chi connectivity index (χ4n) is 1.49. The molecule has 0 aliphatic carbocycles. The third kappa shape index (κ3) is 2.50. The second-order valence-corrected chi connectivity index (χ2v) is 4.51. The van der Waals surface area contributed by atoms with Crippen LogP contribution in [0.5, 0.6) is 5.75 Å². The van der Waals surface area contributed by atoms with Crippen LogP contribution in [-0.2, 0) is 0 Å². The van der Waals surface area contributed by atoms with Gasteiger partial charge in [-0.3, -0.25) is 4.79 Å². The number of nitrogen functional groups attached to an aromatic ring is 1. The number of amides is 1. The largest absolute Gasteiger partial charge is 0.495 e. The van der Waals surface area contributed by atoms with Crippen molar-refractivity contribution in [2.75, 3.05) is 18.2 Å². The van der Waals surface area contributed by atoms with Crippen molar-refractivity contribution >= 4 is 28.6 Å². The first kappa shape index (κ1) is 13.3. The molecular formula is C12H10F2N2O2S. The molecule has 1 heterocycles. The molecule has 0 saturated carbocycles. The Morgan fingerprint density at radius 3 is 2.79 bits per heavy atom. The van der Waals surface area contributed by atoms with Gasteiger partial charge in [0.05, 0.1) is 12.8 Å². The fraction of sp³-hybridized carbons (Fsp3) is 0.0833. The first-order valence-electron chi connectivity index (χ1n) is 5.21. The van der Waals surface area contributed by atoms with Crippen molar-refractivity contribution in [2.45, 2.75) is 0 Å². The van der Waals surface area contributed by atoms with Gasteiger partial charge in [0.25, 0.3) is 5.91 Å². The zero-order valence-electron chi connectivity index (χ0n) is 9.87. The SMILES string of the molecule is COc1ccsc1C(=O)Nc1c(N)ccc(F)c1F. The molecule has 3 N–H and O–H groups in total. The van der Waals surface area contributed by atoms with Gasteiger partial charge < -0.3 is 15.8 Å². The summed E-state index contributed by atoms with van der Waals surface area (Å²) in [6.45, 7) is 0. The Kier molecular flexibility index (Phi) is 3.66. The van der Waals surface area contributed by atoms with Gasteiger partial charge in [-0.2, -0.15) is 0 Å². The summed E-state index contributed by atoms with van der Waals surface area (Å²) in [6.07, 6.45) is 0. The lowest BCUT2D eigenvalue weighted by Gasteiger charge is -2.09. The minimum atomic E-state index is -1.19. The molecule has 2 aromatic rings. The molecule has 0 atom stereocenters.